The van der Waals surface area contributed by atoms with Gasteiger partial charge in [-0.1, -0.05) is 0 Å². The molecule has 0 saturated carbocycles. The van der Waals surface area contributed by atoms with Crippen molar-refractivity contribution >= 4 is 29.0 Å². The first kappa shape index (κ1) is 10.2. The molecule has 0 unspecified atom stereocenters. The lowest BCUT2D eigenvalue weighted by Crippen LogP contribution is -2.28. The van der Waals surface area contributed by atoms with Gasteiger partial charge in [0.25, 0.3) is 0 Å². The standard InChI is InChI=1S/C10H10N2O2S/c1-6-9(7(2)14)15-10-11-3-8(5-13)4-12(6)10/h3,5H,4H2,1-2H3. The summed E-state index contributed by atoms with van der Waals surface area (Å²) in [4.78, 5) is 28.7. The number of Topliss-reactive ketones (excluding diaryl/α,β-unsaturated/α-hetero) is 1. The monoisotopic (exact) mass is 222 g/mol. The maximum absolute atomic E-state index is 11.3. The molecule has 0 fully saturated rings. The third-order valence-corrected chi connectivity index (χ3v) is 3.61. The Balaban J connectivity index is 2.33. The van der Waals surface area contributed by atoms with E-state index in [-0.39, 0.29) is 5.78 Å². The van der Waals surface area contributed by atoms with E-state index in [1.807, 2.05) is 11.8 Å². The Morgan fingerprint density at radius 2 is 2.40 bits per heavy atom. The zero-order chi connectivity index (χ0) is 11.0. The molecule has 2 aliphatic rings. The largest absolute Gasteiger partial charge is 0.319 e. The number of nitrogens with zero attached hydrogens (tertiary/aromatic N) is 2. The first-order chi connectivity index (χ1) is 7.13. The van der Waals surface area contributed by atoms with Gasteiger partial charge in [0.15, 0.2) is 11.0 Å². The molecule has 0 aliphatic carbocycles. The number of fused-ring (bicyclic) bond motifs is 1. The van der Waals surface area contributed by atoms with E-state index < -0.39 is 0 Å². The van der Waals surface area contributed by atoms with Gasteiger partial charge in [0.05, 0.1) is 11.4 Å². The van der Waals surface area contributed by atoms with Gasteiger partial charge in [-0.3, -0.25) is 9.59 Å². The number of allylic oxidation sites excluding steroid dienone is 2. The molecule has 15 heavy (non-hydrogen) atoms. The SMILES string of the molecule is CC(=O)C1=C(C)N2CC(C=O)=CN=C2S1. The molecule has 0 bridgehead atoms. The van der Waals surface area contributed by atoms with Crippen molar-refractivity contribution in [1.29, 1.82) is 0 Å². The molecule has 2 rings (SSSR count). The predicted octanol–water partition coefficient (Wildman–Crippen LogP) is 1.31. The number of aliphatic imine (C=N–C) groups is 1. The second-order valence-electron chi connectivity index (χ2n) is 3.39. The third kappa shape index (κ3) is 1.63. The molecular formula is C10H10N2O2S. The molecular weight excluding hydrogens is 212 g/mol. The number of aldehydes is 1. The van der Waals surface area contributed by atoms with Crippen LogP contribution in [0.25, 0.3) is 0 Å². The maximum atomic E-state index is 11.3. The smallest absolute Gasteiger partial charge is 0.173 e. The molecule has 0 atom stereocenters. The van der Waals surface area contributed by atoms with E-state index in [1.54, 1.807) is 13.1 Å². The number of amidine groups is 1. The number of thioether (sulfide) groups is 1. The average molecular weight is 222 g/mol. The van der Waals surface area contributed by atoms with Crippen molar-refractivity contribution in [2.24, 2.45) is 4.99 Å². The number of hydrogen-bond donors (Lipinski definition) is 0. The summed E-state index contributed by atoms with van der Waals surface area (Å²) in [6, 6.07) is 0. The number of ketones is 1. The quantitative estimate of drug-likeness (QED) is 0.661. The summed E-state index contributed by atoms with van der Waals surface area (Å²) < 4.78 is 0. The highest BCUT2D eigenvalue weighted by Gasteiger charge is 2.30. The van der Waals surface area contributed by atoms with Crippen LogP contribution < -0.4 is 0 Å². The van der Waals surface area contributed by atoms with Crippen molar-refractivity contribution in [2.75, 3.05) is 6.54 Å². The highest BCUT2D eigenvalue weighted by atomic mass is 32.2. The van der Waals surface area contributed by atoms with E-state index in [0.717, 1.165) is 17.2 Å². The van der Waals surface area contributed by atoms with Crippen molar-refractivity contribution < 1.29 is 9.59 Å². The second-order valence-corrected chi connectivity index (χ2v) is 4.37. The van der Waals surface area contributed by atoms with Crippen LogP contribution in [-0.4, -0.2) is 28.7 Å². The number of carbonyl (C=O) groups excluding carboxylic acids is 2. The van der Waals surface area contributed by atoms with Crippen LogP contribution >= 0.6 is 11.8 Å². The summed E-state index contributed by atoms with van der Waals surface area (Å²) in [5, 5.41) is 0.781. The first-order valence-electron chi connectivity index (χ1n) is 4.52. The molecule has 0 aromatic heterocycles. The van der Waals surface area contributed by atoms with Gasteiger partial charge in [0, 0.05) is 17.5 Å². The Morgan fingerprint density at radius 1 is 1.67 bits per heavy atom. The number of carbonyl (C=O) groups is 2. The maximum Gasteiger partial charge on any atom is 0.173 e. The molecule has 2 aliphatic heterocycles. The van der Waals surface area contributed by atoms with Crippen molar-refractivity contribution in [3.05, 3.63) is 22.4 Å². The van der Waals surface area contributed by atoms with Gasteiger partial charge in [-0.15, -0.1) is 0 Å². The van der Waals surface area contributed by atoms with Crippen LogP contribution in [0.3, 0.4) is 0 Å². The lowest BCUT2D eigenvalue weighted by Gasteiger charge is -2.22. The Hall–Kier alpha value is -1.36. The van der Waals surface area contributed by atoms with Crippen molar-refractivity contribution in [3.63, 3.8) is 0 Å². The van der Waals surface area contributed by atoms with Gasteiger partial charge >= 0.3 is 0 Å². The molecule has 4 nitrogen and oxygen atoms in total. The lowest BCUT2D eigenvalue weighted by atomic mass is 10.2. The molecule has 0 N–H and O–H groups in total. The third-order valence-electron chi connectivity index (χ3n) is 2.31. The van der Waals surface area contributed by atoms with Crippen LogP contribution in [0.2, 0.25) is 0 Å². The molecule has 0 saturated heterocycles. The first-order valence-corrected chi connectivity index (χ1v) is 5.34. The van der Waals surface area contributed by atoms with Crippen LogP contribution in [0.15, 0.2) is 27.4 Å². The van der Waals surface area contributed by atoms with Crippen molar-refractivity contribution in [3.8, 4) is 0 Å². The van der Waals surface area contributed by atoms with Gasteiger partial charge in [0.1, 0.15) is 6.29 Å². The second kappa shape index (κ2) is 3.66. The highest BCUT2D eigenvalue weighted by Crippen LogP contribution is 2.36. The minimum atomic E-state index is 0.0438. The molecule has 0 aromatic carbocycles. The van der Waals surface area contributed by atoms with Gasteiger partial charge < -0.3 is 4.90 Å². The van der Waals surface area contributed by atoms with Gasteiger partial charge in [-0.2, -0.15) is 0 Å². The van der Waals surface area contributed by atoms with Gasteiger partial charge in [0.2, 0.25) is 0 Å². The Kier molecular flexibility index (Phi) is 2.48. The van der Waals surface area contributed by atoms with E-state index in [9.17, 15) is 9.59 Å². The number of hydrogen-bond acceptors (Lipinski definition) is 5. The molecule has 0 amide bonds. The van der Waals surface area contributed by atoms with Crippen LogP contribution in [0.1, 0.15) is 13.8 Å². The van der Waals surface area contributed by atoms with E-state index in [2.05, 4.69) is 4.99 Å². The minimum absolute atomic E-state index is 0.0438. The highest BCUT2D eigenvalue weighted by molar-refractivity contribution is 8.18. The zero-order valence-corrected chi connectivity index (χ0v) is 9.30. The summed E-state index contributed by atoms with van der Waals surface area (Å²) in [5.74, 6) is 0.0438. The van der Waals surface area contributed by atoms with E-state index in [0.29, 0.717) is 17.0 Å². The van der Waals surface area contributed by atoms with Crippen LogP contribution in [0, 0.1) is 0 Å². The van der Waals surface area contributed by atoms with Crippen molar-refractivity contribution in [1.82, 2.24) is 4.90 Å². The summed E-state index contributed by atoms with van der Waals surface area (Å²) in [6.07, 6.45) is 2.35. The molecule has 0 spiro atoms. The Bertz CT molecular complexity index is 435. The van der Waals surface area contributed by atoms with E-state index >= 15 is 0 Å². The molecule has 5 heteroatoms. The summed E-state index contributed by atoms with van der Waals surface area (Å²) in [7, 11) is 0. The summed E-state index contributed by atoms with van der Waals surface area (Å²) in [5.41, 5.74) is 1.52. The van der Waals surface area contributed by atoms with Gasteiger partial charge in [-0.25, -0.2) is 4.99 Å². The van der Waals surface area contributed by atoms with E-state index in [4.69, 9.17) is 0 Å². The molecule has 0 aromatic rings. The fourth-order valence-electron chi connectivity index (χ4n) is 1.52. The Labute approximate surface area is 91.7 Å². The minimum Gasteiger partial charge on any atom is -0.319 e. The van der Waals surface area contributed by atoms with Crippen LogP contribution in [0.5, 0.6) is 0 Å². The summed E-state index contributed by atoms with van der Waals surface area (Å²) in [6.45, 7) is 3.93. The normalized spacial score (nSPS) is 19.7. The topological polar surface area (TPSA) is 49.7 Å². The number of rotatable bonds is 2. The van der Waals surface area contributed by atoms with Crippen LogP contribution in [0.4, 0.5) is 0 Å². The average Bonchev–Trinajstić information content (AvgIpc) is 2.56. The molecule has 78 valence electrons. The molecule has 2 heterocycles. The predicted molar refractivity (Wildman–Crippen MR) is 59.3 cm³/mol. The Morgan fingerprint density at radius 3 is 3.00 bits per heavy atom. The fourth-order valence-corrected chi connectivity index (χ4v) is 2.53. The van der Waals surface area contributed by atoms with Crippen LogP contribution in [-0.2, 0) is 9.59 Å². The lowest BCUT2D eigenvalue weighted by molar-refractivity contribution is -0.113. The zero-order valence-electron chi connectivity index (χ0n) is 8.48. The van der Waals surface area contributed by atoms with E-state index in [1.165, 1.54) is 11.8 Å². The van der Waals surface area contributed by atoms with Crippen molar-refractivity contribution in [2.45, 2.75) is 13.8 Å². The fraction of sp³-hybridized carbons (Fsp3) is 0.300. The van der Waals surface area contributed by atoms with Gasteiger partial charge in [-0.05, 0) is 25.6 Å². The molecule has 0 radical (unpaired) electrons. The summed E-state index contributed by atoms with van der Waals surface area (Å²) >= 11 is 1.37.